The van der Waals surface area contributed by atoms with Crippen molar-refractivity contribution in [3.8, 4) is 16.9 Å². The fourth-order valence-electron chi connectivity index (χ4n) is 3.94. The van der Waals surface area contributed by atoms with Gasteiger partial charge in [-0.2, -0.15) is 4.39 Å². The summed E-state index contributed by atoms with van der Waals surface area (Å²) in [6.45, 7) is 3.81. The first-order chi connectivity index (χ1) is 13.5. The molecule has 0 atom stereocenters. The van der Waals surface area contributed by atoms with Gasteiger partial charge in [-0.05, 0) is 62.1 Å². The van der Waals surface area contributed by atoms with E-state index in [2.05, 4.69) is 6.92 Å². The van der Waals surface area contributed by atoms with E-state index in [0.717, 1.165) is 32.1 Å². The minimum atomic E-state index is -1.27. The Bertz CT molecular complexity index is 867. The van der Waals surface area contributed by atoms with Crippen LogP contribution in [0.25, 0.3) is 11.1 Å². The molecule has 0 aliphatic heterocycles. The van der Waals surface area contributed by atoms with Crippen LogP contribution in [-0.4, -0.2) is 0 Å². The van der Waals surface area contributed by atoms with Gasteiger partial charge >= 0.3 is 0 Å². The van der Waals surface area contributed by atoms with E-state index in [0.29, 0.717) is 11.5 Å². The van der Waals surface area contributed by atoms with Crippen LogP contribution in [0.4, 0.5) is 17.6 Å². The van der Waals surface area contributed by atoms with Crippen molar-refractivity contribution in [3.05, 3.63) is 65.4 Å². The minimum Gasteiger partial charge on any atom is -0.462 e. The zero-order valence-corrected chi connectivity index (χ0v) is 16.1. The Morgan fingerprint density at radius 2 is 1.46 bits per heavy atom. The number of hydrogen-bond donors (Lipinski definition) is 0. The SMILES string of the molecule is C/C=C\Oc1ccc(-c2ccc(C3CCC(CC)CC3)c(F)c2F)c(F)c1F. The molecule has 28 heavy (non-hydrogen) atoms. The zero-order valence-electron chi connectivity index (χ0n) is 16.1. The zero-order chi connectivity index (χ0) is 20.3. The van der Waals surface area contributed by atoms with Gasteiger partial charge in [0.25, 0.3) is 0 Å². The molecule has 0 saturated heterocycles. The summed E-state index contributed by atoms with van der Waals surface area (Å²) in [6, 6.07) is 5.24. The number of benzene rings is 2. The van der Waals surface area contributed by atoms with E-state index in [-0.39, 0.29) is 22.8 Å². The van der Waals surface area contributed by atoms with Crippen molar-refractivity contribution < 1.29 is 22.3 Å². The van der Waals surface area contributed by atoms with Crippen molar-refractivity contribution >= 4 is 0 Å². The van der Waals surface area contributed by atoms with Crippen LogP contribution in [-0.2, 0) is 0 Å². The van der Waals surface area contributed by atoms with Crippen molar-refractivity contribution in [1.82, 2.24) is 0 Å². The third kappa shape index (κ3) is 3.94. The summed E-state index contributed by atoms with van der Waals surface area (Å²) < 4.78 is 63.1. The molecule has 1 fully saturated rings. The lowest BCUT2D eigenvalue weighted by Crippen LogP contribution is -2.14. The lowest BCUT2D eigenvalue weighted by molar-refractivity contribution is 0.312. The Labute approximate surface area is 163 Å². The summed E-state index contributed by atoms with van der Waals surface area (Å²) in [5.74, 6) is -4.33. The van der Waals surface area contributed by atoms with Crippen LogP contribution in [0.3, 0.4) is 0 Å². The highest BCUT2D eigenvalue weighted by Crippen LogP contribution is 2.40. The second-order valence-electron chi connectivity index (χ2n) is 7.28. The Hall–Kier alpha value is -2.30. The molecule has 2 aromatic carbocycles. The van der Waals surface area contributed by atoms with E-state index in [1.54, 1.807) is 6.92 Å². The van der Waals surface area contributed by atoms with E-state index in [4.69, 9.17) is 4.74 Å². The lowest BCUT2D eigenvalue weighted by atomic mass is 9.77. The van der Waals surface area contributed by atoms with Crippen molar-refractivity contribution in [1.29, 1.82) is 0 Å². The van der Waals surface area contributed by atoms with Gasteiger partial charge in [0.1, 0.15) is 0 Å². The molecule has 5 heteroatoms. The second kappa shape index (κ2) is 8.80. The van der Waals surface area contributed by atoms with Gasteiger partial charge in [-0.15, -0.1) is 0 Å². The van der Waals surface area contributed by atoms with Gasteiger partial charge in [-0.1, -0.05) is 31.6 Å². The first-order valence-electron chi connectivity index (χ1n) is 9.71. The maximum atomic E-state index is 14.8. The molecular weight excluding hydrogens is 368 g/mol. The van der Waals surface area contributed by atoms with E-state index in [9.17, 15) is 17.6 Å². The molecule has 3 rings (SSSR count). The summed E-state index contributed by atoms with van der Waals surface area (Å²) in [7, 11) is 0. The molecule has 150 valence electrons. The molecule has 0 amide bonds. The van der Waals surface area contributed by atoms with E-state index >= 15 is 0 Å². The lowest BCUT2D eigenvalue weighted by Gasteiger charge is -2.28. The highest BCUT2D eigenvalue weighted by atomic mass is 19.2. The standard InChI is InChI=1S/C23H24F4O/c1-3-13-28-19-12-11-18(22(26)23(19)27)17-10-9-16(20(24)21(17)25)15-7-5-14(4-2)6-8-15/h3,9-15H,4-8H2,1-2H3/b13-3-. The van der Waals surface area contributed by atoms with Crippen molar-refractivity contribution in [2.75, 3.05) is 0 Å². The smallest absolute Gasteiger partial charge is 0.201 e. The van der Waals surface area contributed by atoms with Crippen LogP contribution in [0, 0.1) is 29.2 Å². The predicted octanol–water partition coefficient (Wildman–Crippen LogP) is 7.51. The van der Waals surface area contributed by atoms with E-state index in [1.807, 2.05) is 0 Å². The number of rotatable bonds is 5. The number of ether oxygens (including phenoxy) is 1. The van der Waals surface area contributed by atoms with E-state index < -0.39 is 23.3 Å². The van der Waals surface area contributed by atoms with Crippen LogP contribution in [0.2, 0.25) is 0 Å². The van der Waals surface area contributed by atoms with Gasteiger partial charge in [0, 0.05) is 11.1 Å². The van der Waals surface area contributed by atoms with Crippen molar-refractivity contribution in [2.24, 2.45) is 5.92 Å². The van der Waals surface area contributed by atoms with Gasteiger partial charge in [0.2, 0.25) is 5.82 Å². The maximum absolute atomic E-state index is 14.8. The van der Waals surface area contributed by atoms with Gasteiger partial charge < -0.3 is 4.74 Å². The summed E-state index contributed by atoms with van der Waals surface area (Å²) >= 11 is 0. The molecule has 0 N–H and O–H groups in total. The van der Waals surface area contributed by atoms with Crippen molar-refractivity contribution in [3.63, 3.8) is 0 Å². The molecule has 1 aliphatic carbocycles. The summed E-state index contributed by atoms with van der Waals surface area (Å²) in [4.78, 5) is 0. The highest BCUT2D eigenvalue weighted by Gasteiger charge is 2.27. The van der Waals surface area contributed by atoms with Crippen LogP contribution in [0.15, 0.2) is 36.6 Å². The Morgan fingerprint density at radius 3 is 2.07 bits per heavy atom. The van der Waals surface area contributed by atoms with Crippen LogP contribution >= 0.6 is 0 Å². The Kier molecular flexibility index (Phi) is 6.42. The fourth-order valence-corrected chi connectivity index (χ4v) is 3.94. The van der Waals surface area contributed by atoms with Crippen molar-refractivity contribution in [2.45, 2.75) is 51.9 Å². The Morgan fingerprint density at radius 1 is 0.857 bits per heavy atom. The fraction of sp³-hybridized carbons (Fsp3) is 0.391. The van der Waals surface area contributed by atoms with Gasteiger partial charge in [0.15, 0.2) is 23.2 Å². The molecule has 2 aromatic rings. The summed E-state index contributed by atoms with van der Waals surface area (Å²) in [5, 5.41) is 0. The van der Waals surface area contributed by atoms with Gasteiger partial charge in [0.05, 0.1) is 6.26 Å². The van der Waals surface area contributed by atoms with E-state index in [1.165, 1.54) is 36.6 Å². The monoisotopic (exact) mass is 392 g/mol. The molecule has 0 spiro atoms. The van der Waals surface area contributed by atoms with Gasteiger partial charge in [-0.3, -0.25) is 0 Å². The van der Waals surface area contributed by atoms with Crippen LogP contribution in [0.1, 0.15) is 57.4 Å². The first-order valence-corrected chi connectivity index (χ1v) is 9.71. The first kappa shape index (κ1) is 20.4. The summed E-state index contributed by atoms with van der Waals surface area (Å²) in [5.41, 5.74) is -0.301. The number of hydrogen-bond acceptors (Lipinski definition) is 1. The average molecular weight is 392 g/mol. The quantitative estimate of drug-likeness (QED) is 0.378. The molecule has 1 nitrogen and oxygen atoms in total. The Balaban J connectivity index is 1.92. The molecule has 1 aliphatic rings. The third-order valence-corrected chi connectivity index (χ3v) is 5.64. The molecule has 0 unspecified atom stereocenters. The average Bonchev–Trinajstić information content (AvgIpc) is 2.72. The second-order valence-corrected chi connectivity index (χ2v) is 7.28. The summed E-state index contributed by atoms with van der Waals surface area (Å²) in [6.07, 6.45) is 7.45. The molecule has 0 heterocycles. The number of halogens is 4. The van der Waals surface area contributed by atoms with Crippen LogP contribution in [0.5, 0.6) is 5.75 Å². The largest absolute Gasteiger partial charge is 0.462 e. The topological polar surface area (TPSA) is 9.23 Å². The molecule has 0 bridgehead atoms. The molecule has 1 saturated carbocycles. The molecule has 0 aromatic heterocycles. The third-order valence-electron chi connectivity index (χ3n) is 5.64. The van der Waals surface area contributed by atoms with Crippen LogP contribution < -0.4 is 4.74 Å². The maximum Gasteiger partial charge on any atom is 0.201 e. The van der Waals surface area contributed by atoms with Gasteiger partial charge in [-0.25, -0.2) is 13.2 Å². The molecule has 0 radical (unpaired) electrons. The predicted molar refractivity (Wildman–Crippen MR) is 102 cm³/mol. The number of allylic oxidation sites excluding steroid dienone is 1. The minimum absolute atomic E-state index is 0.0375. The highest BCUT2D eigenvalue weighted by molar-refractivity contribution is 5.66. The molecular formula is C23H24F4O. The normalized spacial score (nSPS) is 19.9.